The molecule has 0 aliphatic carbocycles. The van der Waals surface area contributed by atoms with Gasteiger partial charge < -0.3 is 4.74 Å². The van der Waals surface area contributed by atoms with E-state index in [0.29, 0.717) is 17.0 Å². The van der Waals surface area contributed by atoms with Crippen LogP contribution < -0.4 is 4.74 Å². The summed E-state index contributed by atoms with van der Waals surface area (Å²) in [5.41, 5.74) is 1.14. The summed E-state index contributed by atoms with van der Waals surface area (Å²) >= 11 is 0. The van der Waals surface area contributed by atoms with Crippen LogP contribution in [0.5, 0.6) is 5.75 Å². The van der Waals surface area contributed by atoms with E-state index in [-0.39, 0.29) is 12.2 Å². The smallest absolute Gasteiger partial charge is 0.172 e. The second kappa shape index (κ2) is 4.73. The SMILES string of the molecule is COc1cnccc1C(=O)Cc1cn(C)nn1. The molecule has 88 valence electrons. The molecule has 2 aromatic heterocycles. The van der Waals surface area contributed by atoms with Gasteiger partial charge in [-0.2, -0.15) is 0 Å². The third-order valence-electron chi connectivity index (χ3n) is 2.30. The van der Waals surface area contributed by atoms with Crippen LogP contribution in [0, 0.1) is 0 Å². The number of ether oxygens (including phenoxy) is 1. The molecule has 0 N–H and O–H groups in total. The van der Waals surface area contributed by atoms with Crippen LogP contribution in [0.15, 0.2) is 24.7 Å². The third kappa shape index (κ3) is 2.47. The average molecular weight is 232 g/mol. The number of hydrogen-bond donors (Lipinski definition) is 0. The molecule has 6 nitrogen and oxygen atoms in total. The summed E-state index contributed by atoms with van der Waals surface area (Å²) in [6.45, 7) is 0. The first-order valence-corrected chi connectivity index (χ1v) is 5.07. The maximum Gasteiger partial charge on any atom is 0.172 e. The zero-order valence-electron chi connectivity index (χ0n) is 9.62. The molecule has 0 saturated heterocycles. The lowest BCUT2D eigenvalue weighted by Gasteiger charge is -2.04. The number of methoxy groups -OCH3 is 1. The Hall–Kier alpha value is -2.24. The van der Waals surface area contributed by atoms with Gasteiger partial charge >= 0.3 is 0 Å². The van der Waals surface area contributed by atoms with E-state index in [1.807, 2.05) is 0 Å². The Morgan fingerprint density at radius 2 is 2.35 bits per heavy atom. The van der Waals surface area contributed by atoms with Gasteiger partial charge in [-0.25, -0.2) is 0 Å². The summed E-state index contributed by atoms with van der Waals surface area (Å²) in [6, 6.07) is 1.64. The highest BCUT2D eigenvalue weighted by Gasteiger charge is 2.14. The molecule has 2 aromatic rings. The van der Waals surface area contributed by atoms with Crippen molar-refractivity contribution < 1.29 is 9.53 Å². The summed E-state index contributed by atoms with van der Waals surface area (Å²) in [7, 11) is 3.27. The number of aryl methyl sites for hydroxylation is 1. The van der Waals surface area contributed by atoms with Gasteiger partial charge in [0, 0.05) is 19.4 Å². The fourth-order valence-corrected chi connectivity index (χ4v) is 1.51. The van der Waals surface area contributed by atoms with Crippen LogP contribution in [0.3, 0.4) is 0 Å². The van der Waals surface area contributed by atoms with Gasteiger partial charge in [-0.15, -0.1) is 5.10 Å². The second-order valence-electron chi connectivity index (χ2n) is 3.56. The van der Waals surface area contributed by atoms with Crippen molar-refractivity contribution in [3.63, 3.8) is 0 Å². The van der Waals surface area contributed by atoms with Crippen molar-refractivity contribution in [2.24, 2.45) is 7.05 Å². The molecule has 0 aliphatic heterocycles. The Bertz CT molecular complexity index is 536. The minimum Gasteiger partial charge on any atom is -0.494 e. The predicted octanol–water partition coefficient (Wildman–Crippen LogP) is 0.644. The van der Waals surface area contributed by atoms with Crippen LogP contribution in [0.2, 0.25) is 0 Å². The quantitative estimate of drug-likeness (QED) is 0.724. The molecule has 2 rings (SSSR count). The van der Waals surface area contributed by atoms with Crippen LogP contribution in [-0.4, -0.2) is 32.9 Å². The lowest BCUT2D eigenvalue weighted by atomic mass is 10.1. The van der Waals surface area contributed by atoms with Gasteiger partial charge in [-0.1, -0.05) is 5.21 Å². The predicted molar refractivity (Wildman–Crippen MR) is 59.8 cm³/mol. The van der Waals surface area contributed by atoms with Crippen molar-refractivity contribution in [2.75, 3.05) is 7.11 Å². The first-order valence-electron chi connectivity index (χ1n) is 5.07. The van der Waals surface area contributed by atoms with Crippen LogP contribution in [0.4, 0.5) is 0 Å². The van der Waals surface area contributed by atoms with E-state index in [4.69, 9.17) is 4.74 Å². The molecule has 0 amide bonds. The van der Waals surface area contributed by atoms with Gasteiger partial charge in [-0.3, -0.25) is 14.5 Å². The average Bonchev–Trinajstić information content (AvgIpc) is 2.74. The number of Topliss-reactive ketones (excluding diaryl/α,β-unsaturated/α-hetero) is 1. The van der Waals surface area contributed by atoms with Crippen LogP contribution in [-0.2, 0) is 13.5 Å². The molecule has 17 heavy (non-hydrogen) atoms. The molecule has 0 atom stereocenters. The first-order chi connectivity index (χ1) is 8.20. The van der Waals surface area contributed by atoms with Gasteiger partial charge in [-0.05, 0) is 6.07 Å². The summed E-state index contributed by atoms with van der Waals surface area (Å²) in [6.07, 6.45) is 5.00. The molecular weight excluding hydrogens is 220 g/mol. The molecule has 0 radical (unpaired) electrons. The van der Waals surface area contributed by atoms with Gasteiger partial charge in [0.15, 0.2) is 5.78 Å². The Morgan fingerprint density at radius 1 is 1.53 bits per heavy atom. The van der Waals surface area contributed by atoms with Crippen molar-refractivity contribution in [3.05, 3.63) is 35.9 Å². The summed E-state index contributed by atoms with van der Waals surface area (Å²) in [4.78, 5) is 15.9. The molecule has 0 saturated carbocycles. The highest BCUT2D eigenvalue weighted by molar-refractivity contribution is 5.99. The van der Waals surface area contributed by atoms with Crippen molar-refractivity contribution in [2.45, 2.75) is 6.42 Å². The maximum absolute atomic E-state index is 12.0. The monoisotopic (exact) mass is 232 g/mol. The Morgan fingerprint density at radius 3 is 3.00 bits per heavy atom. The Kier molecular flexibility index (Phi) is 3.13. The standard InChI is InChI=1S/C11H12N4O2/c1-15-7-8(13-14-15)5-10(16)9-3-4-12-6-11(9)17-2/h3-4,6-7H,5H2,1-2H3. The minimum atomic E-state index is -0.0650. The van der Waals surface area contributed by atoms with Crippen molar-refractivity contribution in [1.29, 1.82) is 0 Å². The van der Waals surface area contributed by atoms with Gasteiger partial charge in [0.2, 0.25) is 0 Å². The number of carbonyl (C=O) groups excluding carboxylic acids is 1. The normalized spacial score (nSPS) is 10.2. The van der Waals surface area contributed by atoms with Crippen molar-refractivity contribution in [3.8, 4) is 5.75 Å². The largest absolute Gasteiger partial charge is 0.494 e. The van der Waals surface area contributed by atoms with E-state index >= 15 is 0 Å². The molecule has 0 aliphatic rings. The number of ketones is 1. The van der Waals surface area contributed by atoms with Crippen LogP contribution in [0.25, 0.3) is 0 Å². The molecule has 0 bridgehead atoms. The fraction of sp³-hybridized carbons (Fsp3) is 0.273. The molecule has 0 aromatic carbocycles. The number of aromatic nitrogens is 4. The number of nitrogens with zero attached hydrogens (tertiary/aromatic N) is 4. The molecule has 2 heterocycles. The third-order valence-corrected chi connectivity index (χ3v) is 2.30. The lowest BCUT2D eigenvalue weighted by Crippen LogP contribution is -2.06. The molecule has 0 unspecified atom stereocenters. The lowest BCUT2D eigenvalue weighted by molar-refractivity contribution is 0.0989. The molecule has 0 spiro atoms. The van der Waals surface area contributed by atoms with E-state index in [1.54, 1.807) is 30.2 Å². The van der Waals surface area contributed by atoms with E-state index in [0.717, 1.165) is 0 Å². The van der Waals surface area contributed by atoms with E-state index in [9.17, 15) is 4.79 Å². The number of hydrogen-bond acceptors (Lipinski definition) is 5. The highest BCUT2D eigenvalue weighted by atomic mass is 16.5. The summed E-state index contributed by atoms with van der Waals surface area (Å²) in [5.74, 6) is 0.408. The maximum atomic E-state index is 12.0. The topological polar surface area (TPSA) is 69.9 Å². The number of rotatable bonds is 4. The fourth-order valence-electron chi connectivity index (χ4n) is 1.51. The van der Waals surface area contributed by atoms with Crippen LogP contribution >= 0.6 is 0 Å². The van der Waals surface area contributed by atoms with Gasteiger partial charge in [0.05, 0.1) is 31.0 Å². The van der Waals surface area contributed by atoms with Crippen molar-refractivity contribution >= 4 is 5.78 Å². The minimum absolute atomic E-state index is 0.0650. The number of pyridine rings is 1. The van der Waals surface area contributed by atoms with E-state index in [1.165, 1.54) is 13.3 Å². The van der Waals surface area contributed by atoms with Crippen molar-refractivity contribution in [1.82, 2.24) is 20.0 Å². The zero-order valence-corrected chi connectivity index (χ0v) is 9.62. The summed E-state index contributed by atoms with van der Waals surface area (Å²) in [5, 5.41) is 7.65. The first kappa shape index (κ1) is 11.3. The zero-order chi connectivity index (χ0) is 12.3. The van der Waals surface area contributed by atoms with Crippen LogP contribution in [0.1, 0.15) is 16.1 Å². The molecular formula is C11H12N4O2. The Labute approximate surface area is 98.2 Å². The van der Waals surface area contributed by atoms with E-state index < -0.39 is 0 Å². The Balaban J connectivity index is 2.20. The van der Waals surface area contributed by atoms with Gasteiger partial charge in [0.25, 0.3) is 0 Å². The molecule has 0 fully saturated rings. The summed E-state index contributed by atoms with van der Waals surface area (Å²) < 4.78 is 6.65. The molecule has 6 heteroatoms. The highest BCUT2D eigenvalue weighted by Crippen LogP contribution is 2.17. The van der Waals surface area contributed by atoms with Gasteiger partial charge in [0.1, 0.15) is 5.75 Å². The second-order valence-corrected chi connectivity index (χ2v) is 3.56. The number of carbonyl (C=O) groups is 1. The van der Waals surface area contributed by atoms with E-state index in [2.05, 4.69) is 15.3 Å².